The minimum Gasteiger partial charge on any atom is -0.207 e. The Bertz CT molecular complexity index is 562. The van der Waals surface area contributed by atoms with E-state index in [9.17, 15) is 4.39 Å². The zero-order valence-corrected chi connectivity index (χ0v) is 17.4. The molecule has 0 bridgehead atoms. The van der Waals surface area contributed by atoms with E-state index in [1.165, 1.54) is 82.6 Å². The van der Waals surface area contributed by atoms with Gasteiger partial charge in [-0.2, -0.15) is 0 Å². The summed E-state index contributed by atoms with van der Waals surface area (Å²) in [7, 11) is 0. The monoisotopic (exact) mass is 370 g/mol. The van der Waals surface area contributed by atoms with Gasteiger partial charge in [0.2, 0.25) is 0 Å². The number of benzene rings is 1. The van der Waals surface area contributed by atoms with Crippen molar-refractivity contribution in [3.8, 4) is 0 Å². The maximum absolute atomic E-state index is 13.0. The van der Waals surface area contributed by atoms with Crippen molar-refractivity contribution in [2.45, 2.75) is 96.8 Å². The van der Waals surface area contributed by atoms with E-state index in [0.717, 1.165) is 30.6 Å². The SMILES string of the molecule is CCCCCC[C@H]1CC[C@H](C2CC=C(CCc3ccc(F)cc3)CC2)CC1. The summed E-state index contributed by atoms with van der Waals surface area (Å²) in [5, 5.41) is 0. The fraction of sp³-hybridized carbons (Fsp3) is 0.692. The highest BCUT2D eigenvalue weighted by molar-refractivity contribution is 5.18. The number of rotatable bonds is 9. The van der Waals surface area contributed by atoms with E-state index in [1.54, 1.807) is 17.7 Å². The molecule has 1 saturated carbocycles. The molecule has 1 aromatic rings. The molecule has 0 spiro atoms. The fourth-order valence-corrected chi connectivity index (χ4v) is 5.33. The summed E-state index contributed by atoms with van der Waals surface area (Å²) in [6.07, 6.45) is 21.9. The Morgan fingerprint density at radius 2 is 1.63 bits per heavy atom. The fourth-order valence-electron chi connectivity index (χ4n) is 5.33. The van der Waals surface area contributed by atoms with Gasteiger partial charge in [0, 0.05) is 0 Å². The molecule has 27 heavy (non-hydrogen) atoms. The van der Waals surface area contributed by atoms with Gasteiger partial charge in [0.25, 0.3) is 0 Å². The molecule has 2 aliphatic rings. The Morgan fingerprint density at radius 3 is 2.30 bits per heavy atom. The molecule has 2 aliphatic carbocycles. The highest BCUT2D eigenvalue weighted by Gasteiger charge is 2.28. The van der Waals surface area contributed by atoms with Crippen LogP contribution in [0.15, 0.2) is 35.9 Å². The predicted octanol–water partition coefficient (Wildman–Crippen LogP) is 8.26. The van der Waals surface area contributed by atoms with E-state index in [1.807, 2.05) is 12.1 Å². The molecule has 1 atom stereocenters. The van der Waals surface area contributed by atoms with Crippen molar-refractivity contribution in [3.63, 3.8) is 0 Å². The normalized spacial score (nSPS) is 26.0. The Morgan fingerprint density at radius 1 is 0.852 bits per heavy atom. The van der Waals surface area contributed by atoms with Crippen LogP contribution in [-0.4, -0.2) is 0 Å². The molecule has 150 valence electrons. The van der Waals surface area contributed by atoms with Gasteiger partial charge in [-0.3, -0.25) is 0 Å². The van der Waals surface area contributed by atoms with Crippen LogP contribution < -0.4 is 0 Å². The lowest BCUT2D eigenvalue weighted by atomic mass is 9.70. The molecule has 0 N–H and O–H groups in total. The number of unbranched alkanes of at least 4 members (excludes halogenated alkanes) is 3. The summed E-state index contributed by atoms with van der Waals surface area (Å²) in [6, 6.07) is 7.03. The first-order valence-corrected chi connectivity index (χ1v) is 11.7. The first-order chi connectivity index (χ1) is 13.2. The lowest BCUT2D eigenvalue weighted by Gasteiger charge is -2.35. The van der Waals surface area contributed by atoms with E-state index in [4.69, 9.17) is 0 Å². The zero-order chi connectivity index (χ0) is 18.9. The minimum atomic E-state index is -0.130. The number of hydrogen-bond donors (Lipinski definition) is 0. The summed E-state index contributed by atoms with van der Waals surface area (Å²) in [6.45, 7) is 2.30. The molecule has 1 heteroatoms. The Hall–Kier alpha value is -1.11. The Labute approximate surface area is 166 Å². The van der Waals surface area contributed by atoms with E-state index in [0.29, 0.717) is 0 Å². The molecule has 0 aromatic heterocycles. The van der Waals surface area contributed by atoms with Crippen LogP contribution in [0.4, 0.5) is 4.39 Å². The molecule has 1 fully saturated rings. The van der Waals surface area contributed by atoms with Crippen LogP contribution in [0.25, 0.3) is 0 Å². The molecule has 0 aliphatic heterocycles. The summed E-state index contributed by atoms with van der Waals surface area (Å²) >= 11 is 0. The summed E-state index contributed by atoms with van der Waals surface area (Å²) < 4.78 is 13.0. The highest BCUT2D eigenvalue weighted by atomic mass is 19.1. The molecule has 0 heterocycles. The van der Waals surface area contributed by atoms with E-state index in [2.05, 4.69) is 13.0 Å². The quantitative estimate of drug-likeness (QED) is 0.303. The van der Waals surface area contributed by atoms with E-state index in [-0.39, 0.29) is 5.82 Å². The topological polar surface area (TPSA) is 0 Å². The number of halogens is 1. The standard InChI is InChI=1S/C26H39F/c1-2-3-4-5-6-21-9-15-24(16-10-21)25-17-11-22(12-18-25)7-8-23-13-19-26(27)20-14-23/h11,13-14,19-21,24-25H,2-10,12,15-18H2,1H3/t21-,24-,25?. The lowest BCUT2D eigenvalue weighted by Crippen LogP contribution is -2.23. The second kappa shape index (κ2) is 11.0. The van der Waals surface area contributed by atoms with Crippen LogP contribution in [0.5, 0.6) is 0 Å². The van der Waals surface area contributed by atoms with Gasteiger partial charge in [0.1, 0.15) is 5.82 Å². The van der Waals surface area contributed by atoms with Crippen molar-refractivity contribution >= 4 is 0 Å². The smallest absolute Gasteiger partial charge is 0.123 e. The van der Waals surface area contributed by atoms with Gasteiger partial charge in [0.15, 0.2) is 0 Å². The zero-order valence-electron chi connectivity index (χ0n) is 17.4. The minimum absolute atomic E-state index is 0.130. The Balaban J connectivity index is 1.34. The molecule has 1 unspecified atom stereocenters. The van der Waals surface area contributed by atoms with Gasteiger partial charge >= 0.3 is 0 Å². The molecule has 0 saturated heterocycles. The van der Waals surface area contributed by atoms with E-state index < -0.39 is 0 Å². The van der Waals surface area contributed by atoms with Crippen LogP contribution in [0.2, 0.25) is 0 Å². The van der Waals surface area contributed by atoms with Gasteiger partial charge in [0.05, 0.1) is 0 Å². The maximum Gasteiger partial charge on any atom is 0.123 e. The number of aryl methyl sites for hydroxylation is 1. The number of hydrogen-bond acceptors (Lipinski definition) is 0. The van der Waals surface area contributed by atoms with Crippen molar-refractivity contribution in [1.29, 1.82) is 0 Å². The van der Waals surface area contributed by atoms with Gasteiger partial charge in [-0.1, -0.05) is 75.7 Å². The third kappa shape index (κ3) is 6.77. The van der Waals surface area contributed by atoms with Crippen molar-refractivity contribution in [2.75, 3.05) is 0 Å². The summed E-state index contributed by atoms with van der Waals surface area (Å²) in [5.41, 5.74) is 2.90. The van der Waals surface area contributed by atoms with Gasteiger partial charge < -0.3 is 0 Å². The average molecular weight is 371 g/mol. The first kappa shape index (κ1) is 20.6. The van der Waals surface area contributed by atoms with Crippen molar-refractivity contribution in [1.82, 2.24) is 0 Å². The largest absolute Gasteiger partial charge is 0.207 e. The molecule has 1 aromatic carbocycles. The molecule has 0 nitrogen and oxygen atoms in total. The van der Waals surface area contributed by atoms with Crippen LogP contribution in [0.3, 0.4) is 0 Å². The van der Waals surface area contributed by atoms with Crippen molar-refractivity contribution in [2.24, 2.45) is 17.8 Å². The molecule has 0 radical (unpaired) electrons. The molecule has 3 rings (SSSR count). The summed E-state index contributed by atoms with van der Waals surface area (Å²) in [5.74, 6) is 2.84. The highest BCUT2D eigenvalue weighted by Crippen LogP contribution is 2.41. The molecule has 0 amide bonds. The van der Waals surface area contributed by atoms with Crippen LogP contribution in [0, 0.1) is 23.6 Å². The van der Waals surface area contributed by atoms with Crippen LogP contribution >= 0.6 is 0 Å². The lowest BCUT2D eigenvalue weighted by molar-refractivity contribution is 0.185. The Kier molecular flexibility index (Phi) is 8.42. The third-order valence-corrected chi connectivity index (χ3v) is 7.22. The van der Waals surface area contributed by atoms with Gasteiger partial charge in [-0.25, -0.2) is 4.39 Å². The number of allylic oxidation sites excluding steroid dienone is 2. The second-order valence-corrected chi connectivity index (χ2v) is 9.15. The summed E-state index contributed by atoms with van der Waals surface area (Å²) in [4.78, 5) is 0. The van der Waals surface area contributed by atoms with Crippen molar-refractivity contribution < 1.29 is 4.39 Å². The van der Waals surface area contributed by atoms with Crippen LogP contribution in [-0.2, 0) is 6.42 Å². The van der Waals surface area contributed by atoms with E-state index >= 15 is 0 Å². The van der Waals surface area contributed by atoms with Gasteiger partial charge in [-0.05, 0) is 80.4 Å². The first-order valence-electron chi connectivity index (χ1n) is 11.7. The molecular formula is C26H39F. The second-order valence-electron chi connectivity index (χ2n) is 9.15. The van der Waals surface area contributed by atoms with Gasteiger partial charge in [-0.15, -0.1) is 0 Å². The van der Waals surface area contributed by atoms with Crippen molar-refractivity contribution in [3.05, 3.63) is 47.3 Å². The predicted molar refractivity (Wildman–Crippen MR) is 114 cm³/mol. The van der Waals surface area contributed by atoms with Crippen LogP contribution in [0.1, 0.15) is 96.0 Å². The molecular weight excluding hydrogens is 331 g/mol. The third-order valence-electron chi connectivity index (χ3n) is 7.22. The maximum atomic E-state index is 13.0. The average Bonchev–Trinajstić information content (AvgIpc) is 2.72.